The van der Waals surface area contributed by atoms with E-state index >= 15 is 0 Å². The highest BCUT2D eigenvalue weighted by Gasteiger charge is 2.24. The van der Waals surface area contributed by atoms with E-state index in [4.69, 9.17) is 4.74 Å². The van der Waals surface area contributed by atoms with Crippen LogP contribution in [0.4, 0.5) is 0 Å². The Morgan fingerprint density at radius 3 is 2.71 bits per heavy atom. The van der Waals surface area contributed by atoms with Crippen molar-refractivity contribution in [3.8, 4) is 0 Å². The highest BCUT2D eigenvalue weighted by Crippen LogP contribution is 2.32. The van der Waals surface area contributed by atoms with E-state index in [0.29, 0.717) is 0 Å². The predicted octanol–water partition coefficient (Wildman–Crippen LogP) is 3.95. The van der Waals surface area contributed by atoms with E-state index < -0.39 is 0 Å². The van der Waals surface area contributed by atoms with E-state index in [9.17, 15) is 4.79 Å². The van der Waals surface area contributed by atoms with E-state index in [2.05, 4.69) is 77.0 Å². The van der Waals surface area contributed by atoms with Gasteiger partial charge >= 0.3 is 5.97 Å². The molecule has 5 heteroatoms. The van der Waals surface area contributed by atoms with Crippen molar-refractivity contribution in [3.63, 3.8) is 0 Å². The number of likely N-dealkylation sites (N-methyl/N-ethyl adjacent to an activating group) is 1. The zero-order chi connectivity index (χ0) is 21.8. The number of hydrogen-bond donors (Lipinski definition) is 0. The third-order valence-electron chi connectivity index (χ3n) is 5.99. The van der Waals surface area contributed by atoms with Crippen LogP contribution < -0.4 is 0 Å². The first-order valence-electron chi connectivity index (χ1n) is 10.9. The topological polar surface area (TPSA) is 37.7 Å². The van der Waals surface area contributed by atoms with Gasteiger partial charge in [-0.2, -0.15) is 0 Å². The molecule has 162 valence electrons. The van der Waals surface area contributed by atoms with Crippen molar-refractivity contribution in [2.75, 3.05) is 34.3 Å². The molecule has 4 rings (SSSR count). The Hall–Kier alpha value is -2.89. The normalized spacial score (nSPS) is 14.5. The molecule has 0 aliphatic carbocycles. The van der Waals surface area contributed by atoms with Crippen LogP contribution in [0, 0.1) is 0 Å². The van der Waals surface area contributed by atoms with Gasteiger partial charge in [-0.1, -0.05) is 36.4 Å². The number of rotatable bonds is 7. The third-order valence-corrected chi connectivity index (χ3v) is 5.99. The van der Waals surface area contributed by atoms with E-state index in [1.165, 1.54) is 40.9 Å². The summed E-state index contributed by atoms with van der Waals surface area (Å²) in [6, 6.07) is 17.2. The van der Waals surface area contributed by atoms with Crippen LogP contribution in [0.2, 0.25) is 0 Å². The second-order valence-electron chi connectivity index (χ2n) is 8.46. The van der Waals surface area contributed by atoms with Crippen molar-refractivity contribution < 1.29 is 9.53 Å². The fourth-order valence-electron chi connectivity index (χ4n) is 4.39. The van der Waals surface area contributed by atoms with Gasteiger partial charge in [0.15, 0.2) is 0 Å². The number of carbonyl (C=O) groups is 1. The highest BCUT2D eigenvalue weighted by molar-refractivity contribution is 5.91. The molecule has 0 spiro atoms. The zero-order valence-electron chi connectivity index (χ0n) is 18.7. The van der Waals surface area contributed by atoms with Gasteiger partial charge in [-0.25, -0.2) is 4.79 Å². The lowest BCUT2D eigenvalue weighted by molar-refractivity contribution is -0.134. The number of aromatic nitrogens is 1. The van der Waals surface area contributed by atoms with Crippen molar-refractivity contribution in [2.24, 2.45) is 0 Å². The smallest absolute Gasteiger partial charge is 0.330 e. The Kier molecular flexibility index (Phi) is 6.54. The maximum Gasteiger partial charge on any atom is 0.330 e. The molecule has 0 saturated carbocycles. The largest absolute Gasteiger partial charge is 0.466 e. The quantitative estimate of drug-likeness (QED) is 0.431. The average molecular weight is 418 g/mol. The van der Waals surface area contributed by atoms with Crippen LogP contribution in [-0.2, 0) is 35.6 Å². The highest BCUT2D eigenvalue weighted by atomic mass is 16.5. The molecule has 0 radical (unpaired) electrons. The lowest BCUT2D eigenvalue weighted by Gasteiger charge is -2.28. The summed E-state index contributed by atoms with van der Waals surface area (Å²) < 4.78 is 7.24. The molecule has 2 heterocycles. The van der Waals surface area contributed by atoms with Gasteiger partial charge in [0, 0.05) is 61.8 Å². The maximum atomic E-state index is 11.5. The summed E-state index contributed by atoms with van der Waals surface area (Å²) >= 11 is 0. The Morgan fingerprint density at radius 1 is 1.16 bits per heavy atom. The minimum Gasteiger partial charge on any atom is -0.466 e. The Morgan fingerprint density at radius 2 is 1.97 bits per heavy atom. The van der Waals surface area contributed by atoms with E-state index in [1.807, 2.05) is 6.08 Å². The van der Waals surface area contributed by atoms with Gasteiger partial charge in [-0.15, -0.1) is 0 Å². The van der Waals surface area contributed by atoms with Crippen molar-refractivity contribution in [2.45, 2.75) is 26.1 Å². The SMILES string of the molecule is COC(=O)/C=C/c1ccc2c(c1)c1c(n2CCN(C)C)CCN(Cc2ccccc2)C1. The molecule has 1 aliphatic rings. The number of hydrogen-bond acceptors (Lipinski definition) is 4. The molecule has 3 aromatic rings. The van der Waals surface area contributed by atoms with Gasteiger partial charge in [0.2, 0.25) is 0 Å². The van der Waals surface area contributed by atoms with Gasteiger partial charge in [0.1, 0.15) is 0 Å². The summed E-state index contributed by atoms with van der Waals surface area (Å²) in [6.45, 7) is 4.96. The molecule has 0 saturated heterocycles. The molecule has 1 aromatic heterocycles. The molecule has 0 N–H and O–H groups in total. The molecule has 0 amide bonds. The fourth-order valence-corrected chi connectivity index (χ4v) is 4.39. The van der Waals surface area contributed by atoms with Crippen LogP contribution in [0.1, 0.15) is 22.4 Å². The van der Waals surface area contributed by atoms with Gasteiger partial charge in [-0.05, 0) is 49.0 Å². The summed E-state index contributed by atoms with van der Waals surface area (Å²) in [5, 5.41) is 1.29. The Labute approximate surface area is 184 Å². The Balaban J connectivity index is 1.69. The van der Waals surface area contributed by atoms with Gasteiger partial charge in [0.05, 0.1) is 7.11 Å². The second kappa shape index (κ2) is 9.50. The number of carbonyl (C=O) groups excluding carboxylic acids is 1. The number of benzene rings is 2. The minimum atomic E-state index is -0.334. The molecule has 0 atom stereocenters. The van der Waals surface area contributed by atoms with E-state index in [0.717, 1.165) is 44.7 Å². The number of nitrogens with zero attached hydrogens (tertiary/aromatic N) is 3. The summed E-state index contributed by atoms with van der Waals surface area (Å²) in [4.78, 5) is 16.3. The van der Waals surface area contributed by atoms with Gasteiger partial charge < -0.3 is 14.2 Å². The molecule has 2 aromatic carbocycles. The molecule has 0 fully saturated rings. The third kappa shape index (κ3) is 4.89. The first-order chi connectivity index (χ1) is 15.0. The molecular formula is C26H31N3O2. The van der Waals surface area contributed by atoms with Crippen molar-refractivity contribution in [3.05, 3.63) is 77.0 Å². The minimum absolute atomic E-state index is 0.334. The first-order valence-corrected chi connectivity index (χ1v) is 10.9. The monoisotopic (exact) mass is 417 g/mol. The molecule has 5 nitrogen and oxygen atoms in total. The first kappa shape index (κ1) is 21.3. The van der Waals surface area contributed by atoms with Crippen LogP contribution in [0.3, 0.4) is 0 Å². The molecule has 31 heavy (non-hydrogen) atoms. The summed E-state index contributed by atoms with van der Waals surface area (Å²) in [6.07, 6.45) is 4.37. The van der Waals surface area contributed by atoms with Crippen LogP contribution >= 0.6 is 0 Å². The van der Waals surface area contributed by atoms with Crippen LogP contribution in [0.15, 0.2) is 54.6 Å². The van der Waals surface area contributed by atoms with Crippen LogP contribution in [0.25, 0.3) is 17.0 Å². The Bertz CT molecular complexity index is 1080. The lowest BCUT2D eigenvalue weighted by atomic mass is 10.0. The standard InChI is InChI=1S/C26H31N3O2/c1-27(2)15-16-29-24-11-9-20(10-12-26(30)31-3)17-22(24)23-19-28(14-13-25(23)29)18-21-7-5-4-6-8-21/h4-12,17H,13-16,18-19H2,1-3H3/b12-10+. The van der Waals surface area contributed by atoms with Crippen LogP contribution in [-0.4, -0.2) is 54.6 Å². The number of esters is 1. The number of fused-ring (bicyclic) bond motifs is 3. The molecule has 0 bridgehead atoms. The fraction of sp³-hybridized carbons (Fsp3) is 0.346. The zero-order valence-corrected chi connectivity index (χ0v) is 18.7. The maximum absolute atomic E-state index is 11.5. The van der Waals surface area contributed by atoms with Crippen molar-refractivity contribution in [1.82, 2.24) is 14.4 Å². The summed E-state index contributed by atoms with van der Waals surface area (Å²) in [5.74, 6) is -0.334. The van der Waals surface area contributed by atoms with E-state index in [-0.39, 0.29) is 5.97 Å². The van der Waals surface area contributed by atoms with Crippen molar-refractivity contribution in [1.29, 1.82) is 0 Å². The van der Waals surface area contributed by atoms with Gasteiger partial charge in [-0.3, -0.25) is 4.90 Å². The molecule has 1 aliphatic heterocycles. The lowest BCUT2D eigenvalue weighted by Crippen LogP contribution is -2.31. The number of ether oxygens (including phenoxy) is 1. The predicted molar refractivity (Wildman–Crippen MR) is 126 cm³/mol. The van der Waals surface area contributed by atoms with Gasteiger partial charge in [0.25, 0.3) is 0 Å². The molecular weight excluding hydrogens is 386 g/mol. The molecule has 0 unspecified atom stereocenters. The van der Waals surface area contributed by atoms with Crippen molar-refractivity contribution >= 4 is 22.9 Å². The summed E-state index contributed by atoms with van der Waals surface area (Å²) in [7, 11) is 5.64. The van der Waals surface area contributed by atoms with Crippen LogP contribution in [0.5, 0.6) is 0 Å². The van der Waals surface area contributed by atoms with E-state index in [1.54, 1.807) is 0 Å². The second-order valence-corrected chi connectivity index (χ2v) is 8.46. The number of methoxy groups -OCH3 is 1. The summed E-state index contributed by atoms with van der Waals surface area (Å²) in [5.41, 5.74) is 6.53. The average Bonchev–Trinajstić information content (AvgIpc) is 3.09.